The third kappa shape index (κ3) is 4.56. The Hall–Kier alpha value is -2.34. The molecule has 0 unspecified atom stereocenters. The highest BCUT2D eigenvalue weighted by atomic mass is 32.1. The van der Waals surface area contributed by atoms with Gasteiger partial charge in [0.05, 0.1) is 5.00 Å². The summed E-state index contributed by atoms with van der Waals surface area (Å²) < 4.78 is 0. The van der Waals surface area contributed by atoms with Crippen LogP contribution >= 0.6 is 22.7 Å². The first kappa shape index (κ1) is 17.0. The van der Waals surface area contributed by atoms with Crippen LogP contribution in [0.25, 0.3) is 18.2 Å². The lowest BCUT2D eigenvalue weighted by Gasteiger charge is -2.17. The highest BCUT2D eigenvalue weighted by Crippen LogP contribution is 2.28. The van der Waals surface area contributed by atoms with Crippen LogP contribution in [-0.4, -0.2) is 13.1 Å². The van der Waals surface area contributed by atoms with E-state index in [1.54, 1.807) is 28.7 Å². The van der Waals surface area contributed by atoms with Crippen LogP contribution in [0, 0.1) is 22.7 Å². The van der Waals surface area contributed by atoms with Crippen LogP contribution in [0.15, 0.2) is 29.8 Å². The molecule has 3 nitrogen and oxygen atoms in total. The van der Waals surface area contributed by atoms with Crippen molar-refractivity contribution in [3.63, 3.8) is 0 Å². The molecule has 0 radical (unpaired) electrons. The zero-order valence-electron chi connectivity index (χ0n) is 13.1. The smallest absolute Gasteiger partial charge is 0.131 e. The summed E-state index contributed by atoms with van der Waals surface area (Å²) in [6, 6.07) is 12.0. The van der Waals surface area contributed by atoms with Crippen molar-refractivity contribution < 1.29 is 0 Å². The van der Waals surface area contributed by atoms with Gasteiger partial charge in [-0.3, -0.25) is 0 Å². The minimum Gasteiger partial charge on any atom is -0.364 e. The van der Waals surface area contributed by atoms with Crippen molar-refractivity contribution in [1.82, 2.24) is 0 Å². The molecule has 0 bridgehead atoms. The van der Waals surface area contributed by atoms with Crippen molar-refractivity contribution in [2.45, 2.75) is 13.8 Å². The van der Waals surface area contributed by atoms with Crippen molar-refractivity contribution in [3.8, 4) is 12.1 Å². The topological polar surface area (TPSA) is 50.8 Å². The van der Waals surface area contributed by atoms with E-state index in [4.69, 9.17) is 10.5 Å². The predicted molar refractivity (Wildman–Crippen MR) is 100 cm³/mol. The van der Waals surface area contributed by atoms with Crippen LogP contribution in [0.1, 0.15) is 28.5 Å². The normalized spacial score (nSPS) is 10.3. The molecule has 116 valence electrons. The van der Waals surface area contributed by atoms with Crippen LogP contribution in [0.5, 0.6) is 0 Å². The maximum Gasteiger partial charge on any atom is 0.131 e. The van der Waals surface area contributed by atoms with Crippen molar-refractivity contribution >= 4 is 45.9 Å². The first-order chi connectivity index (χ1) is 11.2. The van der Waals surface area contributed by atoms with Gasteiger partial charge in [0.15, 0.2) is 0 Å². The standard InChI is InChI=1S/C18H17N3S2/c1-3-21(4-2)18-10-9-16(23-18)6-5-15-7-8-17(22-15)11-14(12-19)13-20/h5-11H,3-4H2,1-2H3/b6-5+. The predicted octanol–water partition coefficient (Wildman–Crippen LogP) is 5.26. The Morgan fingerprint density at radius 1 is 0.957 bits per heavy atom. The molecule has 0 atom stereocenters. The monoisotopic (exact) mass is 339 g/mol. The van der Waals surface area contributed by atoms with Crippen LogP contribution in [-0.2, 0) is 0 Å². The number of allylic oxidation sites excluding steroid dienone is 1. The molecule has 0 fully saturated rings. The number of hydrogen-bond donors (Lipinski definition) is 0. The molecule has 2 aromatic rings. The quantitative estimate of drug-likeness (QED) is 0.675. The maximum atomic E-state index is 8.78. The summed E-state index contributed by atoms with van der Waals surface area (Å²) in [6.45, 7) is 6.36. The third-order valence-corrected chi connectivity index (χ3v) is 5.38. The zero-order valence-corrected chi connectivity index (χ0v) is 14.7. The van der Waals surface area contributed by atoms with Gasteiger partial charge in [0.25, 0.3) is 0 Å². The van der Waals surface area contributed by atoms with Crippen LogP contribution in [0.4, 0.5) is 5.00 Å². The van der Waals surface area contributed by atoms with Crippen molar-refractivity contribution in [2.75, 3.05) is 18.0 Å². The van der Waals surface area contributed by atoms with E-state index in [9.17, 15) is 0 Å². The second-order valence-corrected chi connectivity index (χ2v) is 6.94. The van der Waals surface area contributed by atoms with E-state index in [2.05, 4.69) is 43.0 Å². The highest BCUT2D eigenvalue weighted by molar-refractivity contribution is 7.17. The van der Waals surface area contributed by atoms with Crippen molar-refractivity contribution in [1.29, 1.82) is 10.5 Å². The van der Waals surface area contributed by atoms with E-state index in [0.717, 1.165) is 22.8 Å². The fraction of sp³-hybridized carbons (Fsp3) is 0.222. The van der Waals surface area contributed by atoms with E-state index in [1.807, 2.05) is 24.3 Å². The summed E-state index contributed by atoms with van der Waals surface area (Å²) in [5.74, 6) is 0. The SMILES string of the molecule is CCN(CC)c1ccc(/C=C/c2ccc(C=C(C#N)C#N)s2)s1. The summed E-state index contributed by atoms with van der Waals surface area (Å²) in [7, 11) is 0. The zero-order chi connectivity index (χ0) is 16.7. The van der Waals surface area contributed by atoms with Crippen LogP contribution in [0.2, 0.25) is 0 Å². The second-order valence-electron chi connectivity index (χ2n) is 4.70. The van der Waals surface area contributed by atoms with Gasteiger partial charge in [-0.25, -0.2) is 0 Å². The Labute approximate surface area is 145 Å². The summed E-state index contributed by atoms with van der Waals surface area (Å²) in [5, 5.41) is 18.9. The average Bonchev–Trinajstić information content (AvgIpc) is 3.21. The molecule has 0 aliphatic carbocycles. The molecule has 0 aliphatic heterocycles. The third-order valence-electron chi connectivity index (χ3n) is 3.27. The van der Waals surface area contributed by atoms with Crippen LogP contribution < -0.4 is 4.90 Å². The van der Waals surface area contributed by atoms with Gasteiger partial charge in [0, 0.05) is 27.7 Å². The van der Waals surface area contributed by atoms with Crippen molar-refractivity contribution in [3.05, 3.63) is 44.5 Å². The summed E-state index contributed by atoms with van der Waals surface area (Å²) in [5.41, 5.74) is 0.129. The minimum absolute atomic E-state index is 0.129. The summed E-state index contributed by atoms with van der Waals surface area (Å²) >= 11 is 3.34. The first-order valence-electron chi connectivity index (χ1n) is 7.34. The number of hydrogen-bond acceptors (Lipinski definition) is 5. The number of thiophene rings is 2. The van der Waals surface area contributed by atoms with Gasteiger partial charge in [-0.15, -0.1) is 22.7 Å². The van der Waals surface area contributed by atoms with E-state index in [1.165, 1.54) is 9.88 Å². The molecule has 2 rings (SSSR count). The fourth-order valence-corrected chi connectivity index (χ4v) is 3.96. The Balaban J connectivity index is 2.10. The van der Waals surface area contributed by atoms with Gasteiger partial charge < -0.3 is 4.90 Å². The van der Waals surface area contributed by atoms with Crippen LogP contribution in [0.3, 0.4) is 0 Å². The fourth-order valence-electron chi connectivity index (χ4n) is 2.07. The minimum atomic E-state index is 0.129. The maximum absolute atomic E-state index is 8.78. The summed E-state index contributed by atoms with van der Waals surface area (Å²) in [4.78, 5) is 5.57. The van der Waals surface area contributed by atoms with Gasteiger partial charge in [0.2, 0.25) is 0 Å². The number of anilines is 1. The largest absolute Gasteiger partial charge is 0.364 e. The Bertz CT molecular complexity index is 777. The molecule has 0 spiro atoms. The Kier molecular flexibility index (Phi) is 6.17. The molecule has 5 heteroatoms. The van der Waals surface area contributed by atoms with Gasteiger partial charge >= 0.3 is 0 Å². The molecule has 0 saturated heterocycles. The van der Waals surface area contributed by atoms with E-state index in [0.29, 0.717) is 0 Å². The molecule has 0 aromatic carbocycles. The average molecular weight is 339 g/mol. The molecular weight excluding hydrogens is 322 g/mol. The molecule has 0 aliphatic rings. The second kappa shape index (κ2) is 8.33. The Morgan fingerprint density at radius 2 is 1.52 bits per heavy atom. The lowest BCUT2D eigenvalue weighted by Crippen LogP contribution is -2.20. The lowest BCUT2D eigenvalue weighted by atomic mass is 10.3. The molecular formula is C18H17N3S2. The lowest BCUT2D eigenvalue weighted by molar-refractivity contribution is 0.876. The number of nitrogens with zero attached hydrogens (tertiary/aromatic N) is 3. The van der Waals surface area contributed by atoms with E-state index in [-0.39, 0.29) is 5.57 Å². The van der Waals surface area contributed by atoms with Gasteiger partial charge in [-0.05, 0) is 56.3 Å². The van der Waals surface area contributed by atoms with Gasteiger partial charge in [0.1, 0.15) is 17.7 Å². The molecule has 0 N–H and O–H groups in total. The van der Waals surface area contributed by atoms with Crippen molar-refractivity contribution in [2.24, 2.45) is 0 Å². The molecule has 23 heavy (non-hydrogen) atoms. The molecule has 0 amide bonds. The number of rotatable bonds is 6. The van der Waals surface area contributed by atoms with Gasteiger partial charge in [-0.1, -0.05) is 0 Å². The number of nitriles is 2. The van der Waals surface area contributed by atoms with Gasteiger partial charge in [-0.2, -0.15) is 10.5 Å². The summed E-state index contributed by atoms with van der Waals surface area (Å²) in [6.07, 6.45) is 5.79. The molecule has 2 aromatic heterocycles. The van der Waals surface area contributed by atoms with E-state index < -0.39 is 0 Å². The van der Waals surface area contributed by atoms with E-state index >= 15 is 0 Å². The Morgan fingerprint density at radius 3 is 2.13 bits per heavy atom. The first-order valence-corrected chi connectivity index (χ1v) is 8.98. The highest BCUT2D eigenvalue weighted by Gasteiger charge is 2.04. The molecule has 2 heterocycles. The molecule has 0 saturated carbocycles.